The molecule has 4 aromatic rings. The van der Waals surface area contributed by atoms with E-state index in [1.807, 2.05) is 29.3 Å². The highest BCUT2D eigenvalue weighted by molar-refractivity contribution is 6.02. The molecule has 11 nitrogen and oxygen atoms in total. The Bertz CT molecular complexity index is 1570. The summed E-state index contributed by atoms with van der Waals surface area (Å²) in [6.07, 6.45) is 5.69. The van der Waals surface area contributed by atoms with E-state index in [-0.39, 0.29) is 31.3 Å². The topological polar surface area (TPSA) is 135 Å². The van der Waals surface area contributed by atoms with Gasteiger partial charge in [-0.25, -0.2) is 0 Å². The Balaban J connectivity index is 1.10. The molecule has 11 heteroatoms. The number of aromatic nitrogens is 5. The first-order valence-electron chi connectivity index (χ1n) is 13.3. The lowest BCUT2D eigenvalue weighted by molar-refractivity contribution is -0.00570. The second kappa shape index (κ2) is 9.19. The van der Waals surface area contributed by atoms with E-state index in [2.05, 4.69) is 25.2 Å². The third-order valence-electron chi connectivity index (χ3n) is 7.99. The van der Waals surface area contributed by atoms with Crippen LogP contribution in [-0.4, -0.2) is 78.8 Å². The monoisotopic (exact) mass is 528 g/mol. The van der Waals surface area contributed by atoms with E-state index < -0.39 is 5.60 Å². The highest BCUT2D eigenvalue weighted by Gasteiger charge is 2.44. The fourth-order valence-corrected chi connectivity index (χ4v) is 5.79. The van der Waals surface area contributed by atoms with Gasteiger partial charge in [0.2, 0.25) is 5.82 Å². The Hall–Kier alpha value is -4.25. The molecule has 3 aliphatic rings. The van der Waals surface area contributed by atoms with Gasteiger partial charge in [-0.1, -0.05) is 0 Å². The van der Waals surface area contributed by atoms with E-state index in [4.69, 9.17) is 9.47 Å². The first-order valence-corrected chi connectivity index (χ1v) is 13.3. The smallest absolute Gasteiger partial charge is 0.254 e. The molecular formula is C28H28N6O5. The summed E-state index contributed by atoms with van der Waals surface area (Å²) in [4.78, 5) is 28.7. The summed E-state index contributed by atoms with van der Waals surface area (Å²) in [5.74, 6) is 1.52. The van der Waals surface area contributed by atoms with Gasteiger partial charge in [-0.05, 0) is 54.5 Å². The molecule has 2 N–H and O–H groups in total. The molecular weight excluding hydrogens is 500 g/mol. The number of aliphatic hydroxyl groups excluding tert-OH is 1. The Labute approximate surface area is 223 Å². The third kappa shape index (κ3) is 4.22. The third-order valence-corrected chi connectivity index (χ3v) is 7.99. The number of hydrogen-bond acceptors (Lipinski definition) is 8. The van der Waals surface area contributed by atoms with Crippen molar-refractivity contribution in [2.45, 2.75) is 43.7 Å². The maximum Gasteiger partial charge on any atom is 0.254 e. The van der Waals surface area contributed by atoms with E-state index in [1.54, 1.807) is 18.2 Å². The molecule has 39 heavy (non-hydrogen) atoms. The zero-order valence-corrected chi connectivity index (χ0v) is 21.3. The summed E-state index contributed by atoms with van der Waals surface area (Å²) in [6.45, 7) is 1.03. The molecule has 1 aliphatic carbocycles. The molecule has 0 atom stereocenters. The Morgan fingerprint density at radius 3 is 2.77 bits per heavy atom. The van der Waals surface area contributed by atoms with Gasteiger partial charge in [-0.15, -0.1) is 10.2 Å². The summed E-state index contributed by atoms with van der Waals surface area (Å²) in [5, 5.41) is 24.2. The van der Waals surface area contributed by atoms with E-state index in [9.17, 15) is 14.7 Å². The lowest BCUT2D eigenvalue weighted by Gasteiger charge is -2.44. The number of carbonyl (C=O) groups is 2. The van der Waals surface area contributed by atoms with E-state index in [1.165, 1.54) is 0 Å². The molecule has 2 aliphatic heterocycles. The Morgan fingerprint density at radius 2 is 2.03 bits per heavy atom. The first-order chi connectivity index (χ1) is 19.0. The normalized spacial score (nSPS) is 18.3. The number of fused-ring (bicyclic) bond motifs is 2. The van der Waals surface area contributed by atoms with Crippen molar-refractivity contribution in [1.29, 1.82) is 0 Å². The number of aromatic amines is 1. The number of ether oxygens (including phenoxy) is 2. The van der Waals surface area contributed by atoms with Crippen molar-refractivity contribution < 1.29 is 24.2 Å². The largest absolute Gasteiger partial charge is 0.490 e. The maximum atomic E-state index is 13.7. The van der Waals surface area contributed by atoms with Crippen LogP contribution in [0, 0.1) is 0 Å². The fraction of sp³-hybridized carbons (Fsp3) is 0.393. The van der Waals surface area contributed by atoms with Crippen LogP contribution in [0.3, 0.4) is 0 Å². The summed E-state index contributed by atoms with van der Waals surface area (Å²) in [6, 6.07) is 11.6. The number of piperidine rings is 1. The van der Waals surface area contributed by atoms with Crippen LogP contribution in [0.1, 0.15) is 58.9 Å². The molecule has 0 radical (unpaired) electrons. The van der Waals surface area contributed by atoms with Crippen molar-refractivity contribution in [3.05, 3.63) is 53.7 Å². The van der Waals surface area contributed by atoms with Gasteiger partial charge in [0.1, 0.15) is 23.7 Å². The van der Waals surface area contributed by atoms with Gasteiger partial charge >= 0.3 is 0 Å². The number of amides is 1. The van der Waals surface area contributed by atoms with Crippen molar-refractivity contribution in [2.75, 3.05) is 26.3 Å². The zero-order chi connectivity index (χ0) is 26.6. The van der Waals surface area contributed by atoms with Gasteiger partial charge in [0, 0.05) is 54.7 Å². The molecule has 0 bridgehead atoms. The quantitative estimate of drug-likeness (QED) is 0.390. The highest BCUT2D eigenvalue weighted by Crippen LogP contribution is 2.42. The van der Waals surface area contributed by atoms with E-state index in [0.717, 1.165) is 23.7 Å². The standard InChI is InChI=1S/C28H28N6O5/c35-11-12-38-25-15-18(14-22-20(25)5-8-34(22)19-2-3-19)27(37)33-9-6-28(7-10-33)16-23(36)21-13-17(1-4-24(21)39-28)26-29-31-32-30-26/h1,4-5,8,13-15,19,35H,2-3,6-7,9-12,16H2,(H,29,30,31,32). The van der Waals surface area contributed by atoms with Crippen molar-refractivity contribution in [1.82, 2.24) is 30.1 Å². The number of tetrazole rings is 1. The predicted molar refractivity (Wildman–Crippen MR) is 140 cm³/mol. The minimum atomic E-state index is -0.630. The Morgan fingerprint density at radius 1 is 1.18 bits per heavy atom. The maximum absolute atomic E-state index is 13.7. The summed E-state index contributed by atoms with van der Waals surface area (Å²) in [7, 11) is 0. The van der Waals surface area contributed by atoms with Crippen LogP contribution < -0.4 is 9.47 Å². The number of H-pyrrole nitrogens is 1. The molecule has 7 rings (SSSR count). The van der Waals surface area contributed by atoms with Crippen molar-refractivity contribution in [2.24, 2.45) is 0 Å². The fourth-order valence-electron chi connectivity index (χ4n) is 5.79. The van der Waals surface area contributed by atoms with Crippen LogP contribution in [0.2, 0.25) is 0 Å². The van der Waals surface area contributed by atoms with E-state index in [0.29, 0.717) is 66.0 Å². The van der Waals surface area contributed by atoms with Crippen molar-refractivity contribution >= 4 is 22.6 Å². The molecule has 2 aromatic heterocycles. The van der Waals surface area contributed by atoms with Gasteiger partial charge in [0.25, 0.3) is 5.91 Å². The predicted octanol–water partition coefficient (Wildman–Crippen LogP) is 3.17. The van der Waals surface area contributed by atoms with Crippen LogP contribution in [0.5, 0.6) is 11.5 Å². The molecule has 1 spiro atoms. The average molecular weight is 529 g/mol. The number of nitrogens with zero attached hydrogens (tertiary/aromatic N) is 5. The summed E-state index contributed by atoms with van der Waals surface area (Å²) < 4.78 is 14.5. The minimum absolute atomic E-state index is 0.0123. The van der Waals surface area contributed by atoms with Crippen LogP contribution in [0.4, 0.5) is 0 Å². The van der Waals surface area contributed by atoms with Gasteiger partial charge < -0.3 is 24.0 Å². The number of nitrogens with one attached hydrogen (secondary N) is 1. The average Bonchev–Trinajstić information content (AvgIpc) is 3.46. The number of likely N-dealkylation sites (tertiary alicyclic amines) is 1. The zero-order valence-electron chi connectivity index (χ0n) is 21.3. The first kappa shape index (κ1) is 23.8. The summed E-state index contributed by atoms with van der Waals surface area (Å²) in [5.41, 5.74) is 2.12. The molecule has 2 fully saturated rings. The van der Waals surface area contributed by atoms with Crippen LogP contribution >= 0.6 is 0 Å². The number of aliphatic hydroxyl groups is 1. The van der Waals surface area contributed by atoms with Crippen molar-refractivity contribution in [3.8, 4) is 22.9 Å². The summed E-state index contributed by atoms with van der Waals surface area (Å²) >= 11 is 0. The number of rotatable bonds is 6. The Kier molecular flexibility index (Phi) is 5.62. The second-order valence-corrected chi connectivity index (χ2v) is 10.6. The molecule has 4 heterocycles. The SMILES string of the molecule is O=C1CC2(CCN(C(=O)c3cc(OCCO)c4ccn(C5CC5)c4c3)CC2)Oc2ccc(-c3nn[nH]n3)cc21. The lowest BCUT2D eigenvalue weighted by Crippen LogP contribution is -2.52. The molecule has 2 aromatic carbocycles. The van der Waals surface area contributed by atoms with Crippen LogP contribution in [0.25, 0.3) is 22.3 Å². The van der Waals surface area contributed by atoms with Gasteiger partial charge in [0.05, 0.1) is 24.1 Å². The highest BCUT2D eigenvalue weighted by atomic mass is 16.5. The molecule has 0 unspecified atom stereocenters. The molecule has 1 saturated heterocycles. The molecule has 200 valence electrons. The second-order valence-electron chi connectivity index (χ2n) is 10.6. The van der Waals surface area contributed by atoms with Gasteiger partial charge in [0.15, 0.2) is 5.78 Å². The van der Waals surface area contributed by atoms with Gasteiger partial charge in [-0.2, -0.15) is 5.21 Å². The van der Waals surface area contributed by atoms with Crippen LogP contribution in [-0.2, 0) is 0 Å². The number of ketones is 1. The number of hydrogen-bond donors (Lipinski definition) is 2. The number of carbonyl (C=O) groups excluding carboxylic acids is 2. The lowest BCUT2D eigenvalue weighted by atomic mass is 9.82. The molecule has 1 saturated carbocycles. The molecule has 1 amide bonds. The minimum Gasteiger partial charge on any atom is -0.490 e. The van der Waals surface area contributed by atoms with Crippen LogP contribution in [0.15, 0.2) is 42.6 Å². The van der Waals surface area contributed by atoms with E-state index >= 15 is 0 Å². The van der Waals surface area contributed by atoms with Crippen molar-refractivity contribution in [3.63, 3.8) is 0 Å². The number of benzene rings is 2. The van der Waals surface area contributed by atoms with Gasteiger partial charge in [-0.3, -0.25) is 9.59 Å². The number of Topliss-reactive ketones (excluding diaryl/α,β-unsaturated/α-hetero) is 1.